The van der Waals surface area contributed by atoms with Crippen LogP contribution in [0.15, 0.2) is 29.3 Å². The van der Waals surface area contributed by atoms with E-state index < -0.39 is 19.2 Å². The third-order valence-electron chi connectivity index (χ3n) is 4.14. The molecule has 23 heavy (non-hydrogen) atoms. The molecule has 1 heterocycles. The van der Waals surface area contributed by atoms with Crippen LogP contribution in [0.4, 0.5) is 0 Å². The fourth-order valence-corrected chi connectivity index (χ4v) is 12.9. The van der Waals surface area contributed by atoms with Gasteiger partial charge in [0.15, 0.2) is 0 Å². The van der Waals surface area contributed by atoms with Gasteiger partial charge in [0.25, 0.3) is 0 Å². The Morgan fingerprint density at radius 2 is 1.74 bits per heavy atom. The van der Waals surface area contributed by atoms with E-state index in [9.17, 15) is 4.79 Å². The number of para-hydroxylation sites is 1. The second kappa shape index (κ2) is 8.71. The minimum atomic E-state index is -3.49. The Kier molecular flexibility index (Phi) is 6.93. The van der Waals surface area contributed by atoms with E-state index in [4.69, 9.17) is 6.15 Å². The van der Waals surface area contributed by atoms with Gasteiger partial charge in [-0.1, -0.05) is 0 Å². The molecule has 0 amide bonds. The quantitative estimate of drug-likeness (QED) is 0.634. The molecule has 0 aliphatic carbocycles. The van der Waals surface area contributed by atoms with E-state index in [0.717, 1.165) is 51.6 Å². The zero-order valence-electron chi connectivity index (χ0n) is 14.4. The van der Waals surface area contributed by atoms with E-state index in [-0.39, 0.29) is 12.5 Å². The molecule has 0 saturated heterocycles. The van der Waals surface area contributed by atoms with E-state index in [1.54, 1.807) is 0 Å². The molecule has 0 aromatic heterocycles. The van der Waals surface area contributed by atoms with Crippen LogP contribution in [0.1, 0.15) is 52.0 Å². The maximum absolute atomic E-state index is 12.3. The molecule has 0 N–H and O–H groups in total. The van der Waals surface area contributed by atoms with Crippen LogP contribution >= 0.6 is 0 Å². The molecule has 126 valence electrons. The SMILES string of the molecule is CCC[CH2][Sn]1([CH2]CCC)[O]C(=O)CN=C(C)c2ccccc2[O]1. The molecule has 5 heteroatoms. The summed E-state index contributed by atoms with van der Waals surface area (Å²) in [5.74, 6) is 0.617. The van der Waals surface area contributed by atoms with E-state index in [2.05, 4.69) is 18.8 Å². The molecule has 4 nitrogen and oxygen atoms in total. The third-order valence-corrected chi connectivity index (χ3v) is 13.9. The Bertz CT molecular complexity index is 563. The van der Waals surface area contributed by atoms with Crippen molar-refractivity contribution in [3.8, 4) is 5.75 Å². The van der Waals surface area contributed by atoms with Crippen molar-refractivity contribution in [2.24, 2.45) is 4.99 Å². The van der Waals surface area contributed by atoms with Crippen LogP contribution in [0.3, 0.4) is 0 Å². The summed E-state index contributed by atoms with van der Waals surface area (Å²) in [5.41, 5.74) is 1.82. The second-order valence-electron chi connectivity index (χ2n) is 6.09. The molecule has 0 unspecified atom stereocenters. The zero-order valence-corrected chi connectivity index (χ0v) is 17.3. The summed E-state index contributed by atoms with van der Waals surface area (Å²) in [5, 5.41) is 0. The minimum absolute atomic E-state index is 0.0977. The topological polar surface area (TPSA) is 47.9 Å². The van der Waals surface area contributed by atoms with Crippen molar-refractivity contribution in [3.63, 3.8) is 0 Å². The second-order valence-corrected chi connectivity index (χ2v) is 15.3. The molecule has 0 atom stereocenters. The Morgan fingerprint density at radius 1 is 1.09 bits per heavy atom. The van der Waals surface area contributed by atoms with Gasteiger partial charge >= 0.3 is 144 Å². The van der Waals surface area contributed by atoms with Gasteiger partial charge in [0.1, 0.15) is 0 Å². The number of carbonyl (C=O) groups excluding carboxylic acids is 1. The molecule has 0 radical (unpaired) electrons. The van der Waals surface area contributed by atoms with Crippen molar-refractivity contribution in [3.05, 3.63) is 29.8 Å². The number of carbonyl (C=O) groups is 1. The van der Waals surface area contributed by atoms with Gasteiger partial charge in [0, 0.05) is 0 Å². The monoisotopic (exact) mass is 425 g/mol. The van der Waals surface area contributed by atoms with Crippen molar-refractivity contribution in [1.82, 2.24) is 0 Å². The standard InChI is InChI=1S/C10H11NO3.2C4H9.Sn/c1-7(11-6-10(13)14)8-4-2-3-5-9(8)12;2*1-3-4-2;/h2-5,12H,6H2,1H3,(H,13,14);2*1,3-4H2,2H3;/q;;;+2/p-2. The average molecular weight is 424 g/mol. The number of hydrogen-bond donors (Lipinski definition) is 0. The maximum atomic E-state index is 12.3. The normalized spacial score (nSPS) is 17.0. The van der Waals surface area contributed by atoms with Crippen LogP contribution in [-0.4, -0.2) is 37.4 Å². The molecule has 0 fully saturated rings. The zero-order chi connectivity index (χ0) is 16.7. The van der Waals surface area contributed by atoms with Crippen LogP contribution < -0.4 is 3.07 Å². The number of benzene rings is 1. The molecule has 1 aromatic rings. The van der Waals surface area contributed by atoms with Crippen molar-refractivity contribution < 1.29 is 10.9 Å². The molecule has 1 aromatic carbocycles. The Labute approximate surface area is 144 Å². The van der Waals surface area contributed by atoms with Crippen LogP contribution in [0.5, 0.6) is 5.75 Å². The van der Waals surface area contributed by atoms with E-state index >= 15 is 0 Å². The van der Waals surface area contributed by atoms with Crippen molar-refractivity contribution in [1.29, 1.82) is 0 Å². The number of unbranched alkanes of at least 4 members (excludes halogenated alkanes) is 2. The number of fused-ring (bicyclic) bond motifs is 1. The summed E-state index contributed by atoms with van der Waals surface area (Å²) in [6.07, 6.45) is 4.27. The molecular formula is C18H27NO3Sn. The van der Waals surface area contributed by atoms with Crippen molar-refractivity contribution in [2.45, 2.75) is 55.3 Å². The first-order chi connectivity index (χ1) is 11.1. The first-order valence-corrected chi connectivity index (χ1v) is 15.0. The molecule has 0 bridgehead atoms. The van der Waals surface area contributed by atoms with Gasteiger partial charge in [0.05, 0.1) is 0 Å². The third kappa shape index (κ3) is 4.96. The number of rotatable bonds is 6. The summed E-state index contributed by atoms with van der Waals surface area (Å²) in [6, 6.07) is 7.95. The van der Waals surface area contributed by atoms with Crippen LogP contribution in [0.2, 0.25) is 8.87 Å². The average Bonchev–Trinajstić information content (AvgIpc) is 2.60. The Hall–Kier alpha value is -1.04. The predicted molar refractivity (Wildman–Crippen MR) is 95.4 cm³/mol. The van der Waals surface area contributed by atoms with Gasteiger partial charge in [0.2, 0.25) is 0 Å². The summed E-state index contributed by atoms with van der Waals surface area (Å²) >= 11 is -3.49. The number of aliphatic imine (C=N–C) groups is 1. The van der Waals surface area contributed by atoms with Gasteiger partial charge < -0.3 is 0 Å². The van der Waals surface area contributed by atoms with E-state index in [0.29, 0.717) is 0 Å². The fourth-order valence-electron chi connectivity index (χ4n) is 2.81. The van der Waals surface area contributed by atoms with Crippen molar-refractivity contribution >= 4 is 30.9 Å². The molecule has 1 aliphatic heterocycles. The molecular weight excluding hydrogens is 397 g/mol. The van der Waals surface area contributed by atoms with Crippen LogP contribution in [0.25, 0.3) is 0 Å². The Balaban J connectivity index is 2.41. The molecule has 1 aliphatic rings. The van der Waals surface area contributed by atoms with Crippen LogP contribution in [0, 0.1) is 0 Å². The Morgan fingerprint density at radius 3 is 2.39 bits per heavy atom. The van der Waals surface area contributed by atoms with Crippen molar-refractivity contribution in [2.75, 3.05) is 6.54 Å². The summed E-state index contributed by atoms with van der Waals surface area (Å²) in [4.78, 5) is 16.7. The predicted octanol–water partition coefficient (Wildman–Crippen LogP) is 4.47. The van der Waals surface area contributed by atoms with Gasteiger partial charge in [-0.25, -0.2) is 0 Å². The summed E-state index contributed by atoms with van der Waals surface area (Å²) in [6.45, 7) is 6.35. The number of nitrogens with zero attached hydrogens (tertiary/aromatic N) is 1. The molecule has 0 saturated carbocycles. The van der Waals surface area contributed by atoms with Gasteiger partial charge in [-0.15, -0.1) is 0 Å². The van der Waals surface area contributed by atoms with E-state index in [1.165, 1.54) is 0 Å². The fraction of sp³-hybridized carbons (Fsp3) is 0.556. The van der Waals surface area contributed by atoms with E-state index in [1.807, 2.05) is 31.2 Å². The van der Waals surface area contributed by atoms with Gasteiger partial charge in [-0.3, -0.25) is 0 Å². The number of hydrogen-bond acceptors (Lipinski definition) is 4. The molecule has 2 rings (SSSR count). The summed E-state index contributed by atoms with van der Waals surface area (Å²) in [7, 11) is 0. The van der Waals surface area contributed by atoms with Crippen LogP contribution in [-0.2, 0) is 7.87 Å². The van der Waals surface area contributed by atoms with Gasteiger partial charge in [-0.05, 0) is 0 Å². The molecule has 0 spiro atoms. The first-order valence-electron chi connectivity index (χ1n) is 8.61. The first kappa shape index (κ1) is 18.3. The van der Waals surface area contributed by atoms with Gasteiger partial charge in [-0.2, -0.15) is 0 Å². The summed E-state index contributed by atoms with van der Waals surface area (Å²) < 4.78 is 14.4.